The molecule has 0 bridgehead atoms. The Balaban J connectivity index is 1.62. The molecule has 1 fully saturated rings. The van der Waals surface area contributed by atoms with E-state index >= 15 is 0 Å². The van der Waals surface area contributed by atoms with Gasteiger partial charge in [-0.25, -0.2) is 0 Å². The molecule has 3 rings (SSSR count). The number of amides is 1. The summed E-state index contributed by atoms with van der Waals surface area (Å²) in [5.41, 5.74) is 0.886. The molecule has 0 N–H and O–H groups in total. The fourth-order valence-corrected chi connectivity index (χ4v) is 4.25. The van der Waals surface area contributed by atoms with Crippen LogP contribution in [0.1, 0.15) is 45.1 Å². The number of carbonyl (C=O) groups is 2. The maximum absolute atomic E-state index is 12.4. The highest BCUT2D eigenvalue weighted by Crippen LogP contribution is 2.34. The van der Waals surface area contributed by atoms with Crippen LogP contribution in [0.3, 0.4) is 0 Å². The molecular formula is C22H28N2O4S. The van der Waals surface area contributed by atoms with Crippen molar-refractivity contribution in [1.29, 1.82) is 0 Å². The van der Waals surface area contributed by atoms with Crippen LogP contribution in [-0.4, -0.2) is 48.2 Å². The van der Waals surface area contributed by atoms with E-state index in [4.69, 9.17) is 9.47 Å². The molecule has 7 heteroatoms. The monoisotopic (exact) mass is 416 g/mol. The van der Waals surface area contributed by atoms with Crippen LogP contribution in [0.15, 0.2) is 34.2 Å². The first-order chi connectivity index (χ1) is 14.1. The highest BCUT2D eigenvalue weighted by Gasteiger charge is 2.31. The fraction of sp³-hybridized carbons (Fsp3) is 0.500. The Labute approximate surface area is 176 Å². The third kappa shape index (κ3) is 5.63. The number of benzene rings is 1. The first-order valence-electron chi connectivity index (χ1n) is 10.3. The fourth-order valence-electron chi connectivity index (χ4n) is 3.30. The zero-order valence-electron chi connectivity index (χ0n) is 17.1. The van der Waals surface area contributed by atoms with E-state index in [1.165, 1.54) is 11.8 Å². The minimum absolute atomic E-state index is 0.0592. The summed E-state index contributed by atoms with van der Waals surface area (Å²) in [6.45, 7) is 6.42. The van der Waals surface area contributed by atoms with Gasteiger partial charge in [0, 0.05) is 18.7 Å². The molecule has 0 spiro atoms. The predicted octanol–water partition coefficient (Wildman–Crippen LogP) is 4.11. The number of amidine groups is 1. The molecule has 0 radical (unpaired) electrons. The van der Waals surface area contributed by atoms with Gasteiger partial charge in [-0.3, -0.25) is 9.59 Å². The van der Waals surface area contributed by atoms with Crippen molar-refractivity contribution in [2.24, 2.45) is 10.9 Å². The van der Waals surface area contributed by atoms with Crippen LogP contribution in [0, 0.1) is 5.92 Å². The van der Waals surface area contributed by atoms with Crippen LogP contribution in [0.25, 0.3) is 6.08 Å². The van der Waals surface area contributed by atoms with Gasteiger partial charge in [0.1, 0.15) is 5.75 Å². The third-order valence-electron chi connectivity index (χ3n) is 4.96. The van der Waals surface area contributed by atoms with Crippen molar-refractivity contribution in [2.75, 3.05) is 26.3 Å². The van der Waals surface area contributed by atoms with Crippen molar-refractivity contribution in [3.63, 3.8) is 0 Å². The van der Waals surface area contributed by atoms with Gasteiger partial charge in [-0.05, 0) is 50.1 Å². The number of ether oxygens (including phenoxy) is 2. The van der Waals surface area contributed by atoms with Crippen molar-refractivity contribution < 1.29 is 19.1 Å². The number of unbranched alkanes of at least 4 members (excludes halogenated alkanes) is 1. The number of aliphatic imine (C=N–C) groups is 1. The van der Waals surface area contributed by atoms with E-state index in [-0.39, 0.29) is 17.8 Å². The lowest BCUT2D eigenvalue weighted by Gasteiger charge is -2.31. The standard InChI is InChI=1S/C22H28N2O4S/c1-3-5-14-28-18-9-7-6-8-17(18)15-19-20(25)23-22(29-19)24-12-10-16(11-13-24)21(26)27-4-2/h6-9,15-16H,3-5,10-14H2,1-2H3/b19-15-. The lowest BCUT2D eigenvalue weighted by Crippen LogP contribution is -2.39. The van der Waals surface area contributed by atoms with Crippen molar-refractivity contribution in [2.45, 2.75) is 39.5 Å². The number of nitrogens with zero attached hydrogens (tertiary/aromatic N) is 2. The van der Waals surface area contributed by atoms with Gasteiger partial charge in [0.2, 0.25) is 0 Å². The second-order valence-corrected chi connectivity index (χ2v) is 8.07. The van der Waals surface area contributed by atoms with Crippen LogP contribution in [0.2, 0.25) is 0 Å². The molecule has 2 aliphatic rings. The Morgan fingerprint density at radius 2 is 2.03 bits per heavy atom. The second kappa shape index (κ2) is 10.5. The highest BCUT2D eigenvalue weighted by molar-refractivity contribution is 8.18. The summed E-state index contributed by atoms with van der Waals surface area (Å²) in [6.07, 6.45) is 5.37. The van der Waals surface area contributed by atoms with Crippen LogP contribution in [-0.2, 0) is 14.3 Å². The molecule has 0 aromatic heterocycles. The summed E-state index contributed by atoms with van der Waals surface area (Å²) >= 11 is 1.39. The Morgan fingerprint density at radius 1 is 1.28 bits per heavy atom. The summed E-state index contributed by atoms with van der Waals surface area (Å²) in [6, 6.07) is 7.74. The Morgan fingerprint density at radius 3 is 2.76 bits per heavy atom. The topological polar surface area (TPSA) is 68.2 Å². The third-order valence-corrected chi connectivity index (χ3v) is 6.00. The number of likely N-dealkylation sites (tertiary alicyclic amines) is 1. The smallest absolute Gasteiger partial charge is 0.309 e. The Bertz CT molecular complexity index is 798. The van der Waals surface area contributed by atoms with E-state index in [1.54, 1.807) is 0 Å². The molecule has 0 saturated carbocycles. The van der Waals surface area contributed by atoms with Crippen LogP contribution < -0.4 is 4.74 Å². The van der Waals surface area contributed by atoms with E-state index in [2.05, 4.69) is 16.8 Å². The molecular weight excluding hydrogens is 388 g/mol. The van der Waals surface area contributed by atoms with Crippen molar-refractivity contribution in [3.05, 3.63) is 34.7 Å². The van der Waals surface area contributed by atoms with E-state index in [1.807, 2.05) is 37.3 Å². The number of piperidine rings is 1. The van der Waals surface area contributed by atoms with E-state index in [9.17, 15) is 9.59 Å². The zero-order chi connectivity index (χ0) is 20.6. The van der Waals surface area contributed by atoms with Gasteiger partial charge in [0.05, 0.1) is 24.0 Å². The van der Waals surface area contributed by atoms with Gasteiger partial charge in [0.25, 0.3) is 5.91 Å². The first-order valence-corrected chi connectivity index (χ1v) is 11.1. The maximum Gasteiger partial charge on any atom is 0.309 e. The number of hydrogen-bond acceptors (Lipinski definition) is 6. The first kappa shape index (κ1) is 21.4. The minimum Gasteiger partial charge on any atom is -0.493 e. The number of esters is 1. The predicted molar refractivity (Wildman–Crippen MR) is 116 cm³/mol. The molecule has 1 saturated heterocycles. The lowest BCUT2D eigenvalue weighted by molar-refractivity contribution is -0.149. The number of para-hydroxylation sites is 1. The summed E-state index contributed by atoms with van der Waals surface area (Å²) in [5.74, 6) is 0.381. The molecule has 1 aromatic carbocycles. The quantitative estimate of drug-likeness (QED) is 0.379. The zero-order valence-corrected chi connectivity index (χ0v) is 17.9. The number of carbonyl (C=O) groups excluding carboxylic acids is 2. The molecule has 2 aliphatic heterocycles. The SMILES string of the molecule is CCCCOc1ccccc1/C=C1\SC(N2CCC(C(=O)OCC)CC2)=NC1=O. The molecule has 1 aromatic rings. The van der Waals surface area contributed by atoms with Gasteiger partial charge in [0.15, 0.2) is 5.17 Å². The molecule has 0 unspecified atom stereocenters. The van der Waals surface area contributed by atoms with Crippen molar-refractivity contribution in [3.8, 4) is 5.75 Å². The molecule has 0 aliphatic carbocycles. The van der Waals surface area contributed by atoms with Gasteiger partial charge >= 0.3 is 5.97 Å². The van der Waals surface area contributed by atoms with Gasteiger partial charge < -0.3 is 14.4 Å². The van der Waals surface area contributed by atoms with Crippen LogP contribution in [0.4, 0.5) is 0 Å². The summed E-state index contributed by atoms with van der Waals surface area (Å²) in [4.78, 5) is 31.3. The normalized spacial score (nSPS) is 18.8. The minimum atomic E-state index is -0.221. The molecule has 0 atom stereocenters. The summed E-state index contributed by atoms with van der Waals surface area (Å²) < 4.78 is 11.0. The van der Waals surface area contributed by atoms with Crippen LogP contribution >= 0.6 is 11.8 Å². The van der Waals surface area contributed by atoms with Crippen LogP contribution in [0.5, 0.6) is 5.75 Å². The van der Waals surface area contributed by atoms with E-state index in [0.29, 0.717) is 36.4 Å². The summed E-state index contributed by atoms with van der Waals surface area (Å²) in [7, 11) is 0. The molecule has 6 nitrogen and oxygen atoms in total. The van der Waals surface area contributed by atoms with Gasteiger partial charge in [-0.1, -0.05) is 31.5 Å². The second-order valence-electron chi connectivity index (χ2n) is 7.06. The molecule has 29 heavy (non-hydrogen) atoms. The lowest BCUT2D eigenvalue weighted by atomic mass is 9.97. The largest absolute Gasteiger partial charge is 0.493 e. The van der Waals surface area contributed by atoms with E-state index < -0.39 is 0 Å². The number of hydrogen-bond donors (Lipinski definition) is 0. The van der Waals surface area contributed by atoms with Gasteiger partial charge in [-0.15, -0.1) is 0 Å². The molecule has 1 amide bonds. The average molecular weight is 417 g/mol. The Hall–Kier alpha value is -2.28. The Kier molecular flexibility index (Phi) is 7.75. The van der Waals surface area contributed by atoms with E-state index in [0.717, 1.165) is 37.0 Å². The summed E-state index contributed by atoms with van der Waals surface area (Å²) in [5, 5.41) is 0.716. The maximum atomic E-state index is 12.4. The van der Waals surface area contributed by atoms with Crippen molar-refractivity contribution in [1.82, 2.24) is 4.90 Å². The highest BCUT2D eigenvalue weighted by atomic mass is 32.2. The molecule has 156 valence electrons. The average Bonchev–Trinajstić information content (AvgIpc) is 3.10. The molecule has 2 heterocycles. The van der Waals surface area contributed by atoms with Gasteiger partial charge in [-0.2, -0.15) is 4.99 Å². The number of rotatable bonds is 7. The number of thioether (sulfide) groups is 1. The van der Waals surface area contributed by atoms with Crippen molar-refractivity contribution >= 4 is 34.9 Å².